The fourth-order valence-electron chi connectivity index (χ4n) is 2.90. The standard InChI is InChI=1S/C20H24O4/c1-5-24-18-9-7-15(12-19(18)23-4)11-17(20(21)22)16-8-6-13(2)10-14(16)3/h6-10,12,17H,5,11H2,1-4H3,(H,21,22). The average Bonchev–Trinajstić information content (AvgIpc) is 2.54. The van der Waals surface area contributed by atoms with E-state index >= 15 is 0 Å². The molecular formula is C20H24O4. The Balaban J connectivity index is 2.33. The van der Waals surface area contributed by atoms with Gasteiger partial charge in [-0.2, -0.15) is 0 Å². The van der Waals surface area contributed by atoms with E-state index in [1.165, 1.54) is 0 Å². The summed E-state index contributed by atoms with van der Waals surface area (Å²) in [5.41, 5.74) is 3.88. The first-order valence-electron chi connectivity index (χ1n) is 8.06. The zero-order valence-electron chi connectivity index (χ0n) is 14.6. The zero-order valence-corrected chi connectivity index (χ0v) is 14.6. The molecule has 0 amide bonds. The first-order valence-corrected chi connectivity index (χ1v) is 8.06. The van der Waals surface area contributed by atoms with E-state index in [0.717, 1.165) is 22.3 Å². The quantitative estimate of drug-likeness (QED) is 0.830. The van der Waals surface area contributed by atoms with Gasteiger partial charge in [0.1, 0.15) is 0 Å². The molecule has 1 atom stereocenters. The second kappa shape index (κ2) is 7.86. The molecule has 0 aromatic heterocycles. The van der Waals surface area contributed by atoms with E-state index in [1.54, 1.807) is 7.11 Å². The Bertz CT molecular complexity index is 722. The number of carboxylic acid groups (broad SMARTS) is 1. The van der Waals surface area contributed by atoms with Crippen LogP contribution in [-0.2, 0) is 11.2 Å². The predicted molar refractivity (Wildman–Crippen MR) is 94.2 cm³/mol. The Morgan fingerprint density at radius 2 is 1.88 bits per heavy atom. The normalized spacial score (nSPS) is 11.8. The number of methoxy groups -OCH3 is 1. The van der Waals surface area contributed by atoms with E-state index < -0.39 is 11.9 Å². The molecule has 0 heterocycles. The van der Waals surface area contributed by atoms with Gasteiger partial charge in [-0.05, 0) is 56.0 Å². The maximum Gasteiger partial charge on any atom is 0.311 e. The van der Waals surface area contributed by atoms with Crippen LogP contribution >= 0.6 is 0 Å². The van der Waals surface area contributed by atoms with Crippen LogP contribution in [0.15, 0.2) is 36.4 Å². The highest BCUT2D eigenvalue weighted by molar-refractivity contribution is 5.77. The van der Waals surface area contributed by atoms with Crippen molar-refractivity contribution in [3.05, 3.63) is 58.7 Å². The molecule has 0 saturated heterocycles. The first kappa shape index (κ1) is 17.9. The molecule has 128 valence electrons. The van der Waals surface area contributed by atoms with Gasteiger partial charge in [0.05, 0.1) is 19.6 Å². The fraction of sp³-hybridized carbons (Fsp3) is 0.350. The molecule has 0 saturated carbocycles. The minimum atomic E-state index is -0.824. The number of carbonyl (C=O) groups is 1. The molecular weight excluding hydrogens is 304 g/mol. The van der Waals surface area contributed by atoms with Gasteiger partial charge in [0.15, 0.2) is 11.5 Å². The van der Waals surface area contributed by atoms with Crippen molar-refractivity contribution >= 4 is 5.97 Å². The summed E-state index contributed by atoms with van der Waals surface area (Å²) in [6.45, 7) is 6.42. The number of aryl methyl sites for hydroxylation is 2. The minimum absolute atomic E-state index is 0.405. The highest BCUT2D eigenvalue weighted by atomic mass is 16.5. The first-order chi connectivity index (χ1) is 11.5. The molecule has 0 radical (unpaired) electrons. The van der Waals surface area contributed by atoms with Crippen LogP contribution in [0.25, 0.3) is 0 Å². The van der Waals surface area contributed by atoms with Gasteiger partial charge in [-0.25, -0.2) is 0 Å². The lowest BCUT2D eigenvalue weighted by atomic mass is 9.88. The van der Waals surface area contributed by atoms with E-state index in [1.807, 2.05) is 57.2 Å². The summed E-state index contributed by atoms with van der Waals surface area (Å²) >= 11 is 0. The van der Waals surface area contributed by atoms with Crippen LogP contribution in [0.1, 0.15) is 35.1 Å². The topological polar surface area (TPSA) is 55.8 Å². The molecule has 0 bridgehead atoms. The van der Waals surface area contributed by atoms with Crippen LogP contribution in [0, 0.1) is 13.8 Å². The van der Waals surface area contributed by atoms with Crippen molar-refractivity contribution in [2.45, 2.75) is 33.1 Å². The van der Waals surface area contributed by atoms with Gasteiger partial charge in [0.2, 0.25) is 0 Å². The van der Waals surface area contributed by atoms with Crippen molar-refractivity contribution < 1.29 is 19.4 Å². The van der Waals surface area contributed by atoms with Gasteiger partial charge >= 0.3 is 5.97 Å². The fourth-order valence-corrected chi connectivity index (χ4v) is 2.90. The molecule has 2 aromatic carbocycles. The SMILES string of the molecule is CCOc1ccc(CC(C(=O)O)c2ccc(C)cc2C)cc1OC. The molecule has 2 aromatic rings. The summed E-state index contributed by atoms with van der Waals surface area (Å²) in [6, 6.07) is 11.5. The van der Waals surface area contributed by atoms with E-state index in [0.29, 0.717) is 24.5 Å². The third-order valence-corrected chi connectivity index (χ3v) is 4.07. The molecule has 0 aliphatic heterocycles. The molecule has 1 N–H and O–H groups in total. The lowest BCUT2D eigenvalue weighted by Crippen LogP contribution is -2.16. The van der Waals surface area contributed by atoms with Crippen molar-refractivity contribution in [1.82, 2.24) is 0 Å². The second-order valence-electron chi connectivity index (χ2n) is 5.87. The Kier molecular flexibility index (Phi) is 5.85. The van der Waals surface area contributed by atoms with Crippen LogP contribution < -0.4 is 9.47 Å². The molecule has 0 aliphatic rings. The second-order valence-corrected chi connectivity index (χ2v) is 5.87. The summed E-state index contributed by atoms with van der Waals surface area (Å²) in [5.74, 6) is -0.121. The number of carboxylic acids is 1. The van der Waals surface area contributed by atoms with Crippen molar-refractivity contribution in [2.24, 2.45) is 0 Å². The lowest BCUT2D eigenvalue weighted by molar-refractivity contribution is -0.138. The van der Waals surface area contributed by atoms with Crippen molar-refractivity contribution in [1.29, 1.82) is 0 Å². The van der Waals surface area contributed by atoms with Crippen molar-refractivity contribution in [3.63, 3.8) is 0 Å². The monoisotopic (exact) mass is 328 g/mol. The van der Waals surface area contributed by atoms with E-state index in [-0.39, 0.29) is 0 Å². The number of rotatable bonds is 7. The lowest BCUT2D eigenvalue weighted by Gasteiger charge is -2.17. The molecule has 0 spiro atoms. The maximum atomic E-state index is 11.8. The summed E-state index contributed by atoms with van der Waals surface area (Å²) < 4.78 is 10.9. The Hall–Kier alpha value is -2.49. The molecule has 24 heavy (non-hydrogen) atoms. The minimum Gasteiger partial charge on any atom is -0.493 e. The number of ether oxygens (including phenoxy) is 2. The molecule has 2 rings (SSSR count). The maximum absolute atomic E-state index is 11.8. The average molecular weight is 328 g/mol. The van der Waals surface area contributed by atoms with Crippen LogP contribution in [0.2, 0.25) is 0 Å². The summed E-state index contributed by atoms with van der Waals surface area (Å²) in [6.07, 6.45) is 0.405. The summed E-state index contributed by atoms with van der Waals surface area (Å²) in [7, 11) is 1.58. The Morgan fingerprint density at radius 1 is 1.12 bits per heavy atom. The van der Waals surface area contributed by atoms with Gasteiger partial charge in [0.25, 0.3) is 0 Å². The van der Waals surface area contributed by atoms with E-state index in [2.05, 4.69) is 0 Å². The predicted octanol–water partition coefficient (Wildman–Crippen LogP) is 4.12. The van der Waals surface area contributed by atoms with Gasteiger partial charge in [-0.15, -0.1) is 0 Å². The van der Waals surface area contributed by atoms with Crippen LogP contribution in [0.4, 0.5) is 0 Å². The highest BCUT2D eigenvalue weighted by Gasteiger charge is 2.22. The van der Waals surface area contributed by atoms with E-state index in [9.17, 15) is 9.90 Å². The third-order valence-electron chi connectivity index (χ3n) is 4.07. The van der Waals surface area contributed by atoms with Crippen molar-refractivity contribution in [2.75, 3.05) is 13.7 Å². The summed E-state index contributed by atoms with van der Waals surface area (Å²) in [5, 5.41) is 9.69. The zero-order chi connectivity index (χ0) is 17.7. The summed E-state index contributed by atoms with van der Waals surface area (Å²) in [4.78, 5) is 11.8. The molecule has 0 fully saturated rings. The number of hydrogen-bond donors (Lipinski definition) is 1. The Morgan fingerprint density at radius 3 is 2.46 bits per heavy atom. The van der Waals surface area contributed by atoms with Crippen LogP contribution in [0.5, 0.6) is 11.5 Å². The molecule has 4 heteroatoms. The van der Waals surface area contributed by atoms with Crippen LogP contribution in [0.3, 0.4) is 0 Å². The molecule has 1 unspecified atom stereocenters. The largest absolute Gasteiger partial charge is 0.493 e. The van der Waals surface area contributed by atoms with E-state index in [4.69, 9.17) is 9.47 Å². The highest BCUT2D eigenvalue weighted by Crippen LogP contribution is 2.31. The smallest absolute Gasteiger partial charge is 0.311 e. The van der Waals surface area contributed by atoms with Gasteiger partial charge in [-0.1, -0.05) is 29.8 Å². The third kappa shape index (κ3) is 4.07. The van der Waals surface area contributed by atoms with Gasteiger partial charge in [0, 0.05) is 0 Å². The Labute approximate surface area is 143 Å². The molecule has 4 nitrogen and oxygen atoms in total. The number of aliphatic carboxylic acids is 1. The van der Waals surface area contributed by atoms with Crippen LogP contribution in [-0.4, -0.2) is 24.8 Å². The van der Waals surface area contributed by atoms with Gasteiger partial charge < -0.3 is 14.6 Å². The number of benzene rings is 2. The van der Waals surface area contributed by atoms with Gasteiger partial charge in [-0.3, -0.25) is 4.79 Å². The number of hydrogen-bond acceptors (Lipinski definition) is 3. The van der Waals surface area contributed by atoms with Crippen molar-refractivity contribution in [3.8, 4) is 11.5 Å². The molecule has 0 aliphatic carbocycles.